The van der Waals surface area contributed by atoms with Crippen LogP contribution < -0.4 is 5.32 Å². The molecule has 0 radical (unpaired) electrons. The SMILES string of the molecule is O=S1(=O)N=C(SCc2ccccc2)Nc2ccc(F)cc21. The maximum absolute atomic E-state index is 13.2. The van der Waals surface area contributed by atoms with Crippen LogP contribution in [0.15, 0.2) is 57.8 Å². The van der Waals surface area contributed by atoms with Crippen molar-refractivity contribution in [3.05, 3.63) is 59.9 Å². The fourth-order valence-corrected chi connectivity index (χ4v) is 4.10. The van der Waals surface area contributed by atoms with Gasteiger partial charge in [0.25, 0.3) is 10.0 Å². The first kappa shape index (κ1) is 14.1. The summed E-state index contributed by atoms with van der Waals surface area (Å²) in [7, 11) is -3.85. The highest BCUT2D eigenvalue weighted by Crippen LogP contribution is 2.30. The predicted molar refractivity (Wildman–Crippen MR) is 82.4 cm³/mol. The van der Waals surface area contributed by atoms with Crippen LogP contribution in [0.3, 0.4) is 0 Å². The highest BCUT2D eigenvalue weighted by molar-refractivity contribution is 8.14. The van der Waals surface area contributed by atoms with Crippen molar-refractivity contribution in [2.24, 2.45) is 4.40 Å². The number of anilines is 1. The van der Waals surface area contributed by atoms with E-state index in [1.54, 1.807) is 0 Å². The number of hydrogen-bond donors (Lipinski definition) is 1. The van der Waals surface area contributed by atoms with Crippen molar-refractivity contribution in [2.45, 2.75) is 10.6 Å². The molecule has 0 unspecified atom stereocenters. The van der Waals surface area contributed by atoms with Gasteiger partial charge in [-0.2, -0.15) is 8.42 Å². The molecule has 108 valence electrons. The van der Waals surface area contributed by atoms with Crippen molar-refractivity contribution in [3.63, 3.8) is 0 Å². The van der Waals surface area contributed by atoms with E-state index in [4.69, 9.17) is 0 Å². The quantitative estimate of drug-likeness (QED) is 0.922. The predicted octanol–water partition coefficient (Wildman–Crippen LogP) is 3.23. The van der Waals surface area contributed by atoms with Gasteiger partial charge in [-0.05, 0) is 23.8 Å². The monoisotopic (exact) mass is 322 g/mol. The molecule has 4 nitrogen and oxygen atoms in total. The number of nitrogens with zero attached hydrogens (tertiary/aromatic N) is 1. The number of benzene rings is 2. The first-order valence-electron chi connectivity index (χ1n) is 6.13. The highest BCUT2D eigenvalue weighted by Gasteiger charge is 2.25. The maximum Gasteiger partial charge on any atom is 0.286 e. The molecule has 0 spiro atoms. The number of halogens is 1. The second-order valence-corrected chi connectivity index (χ2v) is 6.95. The van der Waals surface area contributed by atoms with Crippen molar-refractivity contribution < 1.29 is 12.8 Å². The molecule has 0 amide bonds. The van der Waals surface area contributed by atoms with E-state index in [9.17, 15) is 12.8 Å². The first-order valence-corrected chi connectivity index (χ1v) is 8.55. The molecule has 1 N–H and O–H groups in total. The van der Waals surface area contributed by atoms with Crippen LogP contribution in [0.1, 0.15) is 5.56 Å². The van der Waals surface area contributed by atoms with Gasteiger partial charge in [-0.25, -0.2) is 4.39 Å². The van der Waals surface area contributed by atoms with Crippen LogP contribution in [-0.4, -0.2) is 13.6 Å². The third-order valence-electron chi connectivity index (χ3n) is 2.88. The molecular weight excluding hydrogens is 311 g/mol. The van der Waals surface area contributed by atoms with Crippen LogP contribution in [0.5, 0.6) is 0 Å². The van der Waals surface area contributed by atoms with E-state index in [0.29, 0.717) is 11.4 Å². The zero-order chi connectivity index (χ0) is 14.9. The first-order chi connectivity index (χ1) is 10.0. The van der Waals surface area contributed by atoms with Gasteiger partial charge in [0.2, 0.25) is 0 Å². The van der Waals surface area contributed by atoms with Gasteiger partial charge in [-0.3, -0.25) is 0 Å². The molecule has 0 fully saturated rings. The van der Waals surface area contributed by atoms with Crippen LogP contribution in [0, 0.1) is 5.82 Å². The summed E-state index contributed by atoms with van der Waals surface area (Å²) in [6.07, 6.45) is 0. The topological polar surface area (TPSA) is 58.5 Å². The Morgan fingerprint density at radius 2 is 1.90 bits per heavy atom. The van der Waals surface area contributed by atoms with E-state index < -0.39 is 15.8 Å². The lowest BCUT2D eigenvalue weighted by Gasteiger charge is -2.17. The Bertz CT molecular complexity index is 805. The summed E-state index contributed by atoms with van der Waals surface area (Å²) in [5.74, 6) is -0.00616. The highest BCUT2D eigenvalue weighted by atomic mass is 32.2. The van der Waals surface area contributed by atoms with Crippen molar-refractivity contribution in [1.29, 1.82) is 0 Å². The summed E-state index contributed by atoms with van der Waals surface area (Å²) in [5.41, 5.74) is 1.41. The smallest absolute Gasteiger partial charge is 0.286 e. The molecule has 0 saturated heterocycles. The van der Waals surface area contributed by atoms with Gasteiger partial charge < -0.3 is 5.32 Å². The molecular formula is C14H11FN2O2S2. The molecule has 0 bridgehead atoms. The fraction of sp³-hybridized carbons (Fsp3) is 0.0714. The van der Waals surface area contributed by atoms with Gasteiger partial charge in [0, 0.05) is 5.75 Å². The molecule has 2 aromatic carbocycles. The number of thioether (sulfide) groups is 1. The van der Waals surface area contributed by atoms with Crippen LogP contribution in [0.2, 0.25) is 0 Å². The number of amidine groups is 1. The maximum atomic E-state index is 13.2. The zero-order valence-electron chi connectivity index (χ0n) is 10.8. The van der Waals surface area contributed by atoms with E-state index >= 15 is 0 Å². The minimum Gasteiger partial charge on any atom is -0.333 e. The molecule has 1 aliphatic heterocycles. The number of nitrogens with one attached hydrogen (secondary N) is 1. The number of rotatable bonds is 2. The van der Waals surface area contributed by atoms with Crippen LogP contribution in [-0.2, 0) is 15.8 Å². The van der Waals surface area contributed by atoms with E-state index in [1.807, 2.05) is 30.3 Å². The minimum absolute atomic E-state index is 0.133. The fourth-order valence-electron chi connectivity index (χ4n) is 1.90. The van der Waals surface area contributed by atoms with Gasteiger partial charge in [0.05, 0.1) is 5.69 Å². The van der Waals surface area contributed by atoms with Crippen LogP contribution in [0.25, 0.3) is 0 Å². The normalized spacial score (nSPS) is 15.8. The molecule has 0 aromatic heterocycles. The number of fused-ring (bicyclic) bond motifs is 1. The summed E-state index contributed by atoms with van der Waals surface area (Å²) in [5, 5.41) is 3.21. The average molecular weight is 322 g/mol. The second-order valence-electron chi connectivity index (χ2n) is 4.41. The Labute approximate surface area is 126 Å². The third kappa shape index (κ3) is 3.08. The van der Waals surface area contributed by atoms with Crippen LogP contribution >= 0.6 is 11.8 Å². The Hall–Kier alpha value is -1.86. The average Bonchev–Trinajstić information content (AvgIpc) is 2.47. The summed E-state index contributed by atoms with van der Waals surface area (Å²) in [6, 6.07) is 13.2. The van der Waals surface area contributed by atoms with Gasteiger partial charge in [0.1, 0.15) is 10.7 Å². The van der Waals surface area contributed by atoms with Crippen molar-refractivity contribution in [3.8, 4) is 0 Å². The molecule has 3 rings (SSSR count). The summed E-state index contributed by atoms with van der Waals surface area (Å²) in [4.78, 5) is -0.133. The molecule has 1 aliphatic rings. The lowest BCUT2D eigenvalue weighted by Crippen LogP contribution is -2.19. The Morgan fingerprint density at radius 1 is 1.14 bits per heavy atom. The second kappa shape index (κ2) is 5.50. The third-order valence-corrected chi connectivity index (χ3v) is 5.26. The Kier molecular flexibility index (Phi) is 3.69. The molecule has 0 saturated carbocycles. The van der Waals surface area contributed by atoms with Crippen molar-refractivity contribution >= 4 is 32.6 Å². The van der Waals surface area contributed by atoms with Gasteiger partial charge >= 0.3 is 0 Å². The number of hydrogen-bond acceptors (Lipinski definition) is 4. The lowest BCUT2D eigenvalue weighted by atomic mass is 10.2. The minimum atomic E-state index is -3.85. The van der Waals surface area contributed by atoms with E-state index in [0.717, 1.165) is 11.6 Å². The zero-order valence-corrected chi connectivity index (χ0v) is 12.4. The lowest BCUT2D eigenvalue weighted by molar-refractivity contribution is 0.592. The summed E-state index contributed by atoms with van der Waals surface area (Å²) in [6.45, 7) is 0. The molecule has 0 atom stereocenters. The van der Waals surface area contributed by atoms with E-state index in [2.05, 4.69) is 9.71 Å². The molecule has 1 heterocycles. The summed E-state index contributed by atoms with van der Waals surface area (Å²) >= 11 is 1.29. The largest absolute Gasteiger partial charge is 0.333 e. The Morgan fingerprint density at radius 3 is 2.67 bits per heavy atom. The van der Waals surface area contributed by atoms with Gasteiger partial charge in [0.15, 0.2) is 5.17 Å². The molecule has 2 aromatic rings. The van der Waals surface area contributed by atoms with Gasteiger partial charge in [-0.15, -0.1) is 4.40 Å². The molecule has 21 heavy (non-hydrogen) atoms. The molecule has 7 heteroatoms. The number of sulfonamides is 1. The van der Waals surface area contributed by atoms with Gasteiger partial charge in [-0.1, -0.05) is 42.1 Å². The standard InChI is InChI=1S/C14H11FN2O2S2/c15-11-6-7-12-13(8-11)21(18,19)17-14(16-12)20-9-10-4-2-1-3-5-10/h1-8H,9H2,(H,16,17). The van der Waals surface area contributed by atoms with Crippen LogP contribution in [0.4, 0.5) is 10.1 Å². The van der Waals surface area contributed by atoms with E-state index in [1.165, 1.54) is 23.9 Å². The van der Waals surface area contributed by atoms with E-state index in [-0.39, 0.29) is 10.1 Å². The van der Waals surface area contributed by atoms with Crippen molar-refractivity contribution in [2.75, 3.05) is 5.32 Å². The summed E-state index contributed by atoms with van der Waals surface area (Å²) < 4.78 is 40.9. The molecule has 0 aliphatic carbocycles. The Balaban J connectivity index is 1.83. The van der Waals surface area contributed by atoms with Crippen molar-refractivity contribution in [1.82, 2.24) is 0 Å².